The van der Waals surface area contributed by atoms with E-state index in [9.17, 15) is 22.8 Å². The second-order valence-electron chi connectivity index (χ2n) is 7.29. The van der Waals surface area contributed by atoms with Crippen LogP contribution < -0.4 is 4.90 Å². The van der Waals surface area contributed by atoms with Gasteiger partial charge in [0.05, 0.1) is 18.2 Å². The smallest absolute Gasteiger partial charge is 0.315 e. The standard InChI is InChI=1S/C22H22ClF3N2O2/c1-2-3-7-19(29)13-27-14-20(15-5-4-6-16(12-15)22(24,25)26)28(21(27)30)18-10-8-17(23)9-11-18/h4-6,8-12,20H,2-3,7,13-14H2,1H3/t20-/m1/s1. The van der Waals surface area contributed by atoms with Crippen LogP contribution in [0.2, 0.25) is 5.02 Å². The predicted octanol–water partition coefficient (Wildman–Crippen LogP) is 6.10. The number of unbranched alkanes of at least 4 members (excludes halogenated alkanes) is 1. The number of ketones is 1. The van der Waals surface area contributed by atoms with Gasteiger partial charge in [-0.15, -0.1) is 0 Å². The monoisotopic (exact) mass is 438 g/mol. The van der Waals surface area contributed by atoms with E-state index in [2.05, 4.69) is 0 Å². The summed E-state index contributed by atoms with van der Waals surface area (Å²) in [4.78, 5) is 28.2. The largest absolute Gasteiger partial charge is 0.416 e. The lowest BCUT2D eigenvalue weighted by Gasteiger charge is -2.24. The van der Waals surface area contributed by atoms with E-state index in [0.717, 1.165) is 25.0 Å². The Morgan fingerprint density at radius 3 is 2.50 bits per heavy atom. The number of nitrogens with zero attached hydrogens (tertiary/aromatic N) is 2. The van der Waals surface area contributed by atoms with Crippen molar-refractivity contribution in [3.63, 3.8) is 0 Å². The normalized spacial score (nSPS) is 17.0. The van der Waals surface area contributed by atoms with E-state index in [1.807, 2.05) is 6.92 Å². The molecule has 160 valence electrons. The van der Waals surface area contributed by atoms with Gasteiger partial charge in [-0.2, -0.15) is 13.2 Å². The van der Waals surface area contributed by atoms with Crippen molar-refractivity contribution in [1.82, 2.24) is 4.90 Å². The molecule has 1 atom stereocenters. The van der Waals surface area contributed by atoms with Crippen LogP contribution >= 0.6 is 11.6 Å². The molecule has 30 heavy (non-hydrogen) atoms. The highest BCUT2D eigenvalue weighted by Gasteiger charge is 2.40. The summed E-state index contributed by atoms with van der Waals surface area (Å²) in [6, 6.07) is 10.4. The molecule has 4 nitrogen and oxygen atoms in total. The summed E-state index contributed by atoms with van der Waals surface area (Å²) in [5.41, 5.74) is 0.0907. The number of anilines is 1. The minimum Gasteiger partial charge on any atom is -0.315 e. The molecular weight excluding hydrogens is 417 g/mol. The predicted molar refractivity (Wildman–Crippen MR) is 110 cm³/mol. The molecule has 0 N–H and O–H groups in total. The molecule has 1 aliphatic rings. The number of carbonyl (C=O) groups is 2. The van der Waals surface area contributed by atoms with Crippen LogP contribution in [0.5, 0.6) is 0 Å². The number of hydrogen-bond donors (Lipinski definition) is 0. The number of benzene rings is 2. The molecule has 3 rings (SSSR count). The van der Waals surface area contributed by atoms with Crippen LogP contribution in [0.15, 0.2) is 48.5 Å². The second-order valence-corrected chi connectivity index (χ2v) is 7.73. The number of alkyl halides is 3. The lowest BCUT2D eigenvalue weighted by atomic mass is 10.0. The highest BCUT2D eigenvalue weighted by molar-refractivity contribution is 6.30. The summed E-state index contributed by atoms with van der Waals surface area (Å²) in [5.74, 6) is -0.0639. The Labute approximate surface area is 178 Å². The zero-order valence-electron chi connectivity index (χ0n) is 16.5. The molecule has 0 spiro atoms. The summed E-state index contributed by atoms with van der Waals surface area (Å²) in [6.45, 7) is 2.04. The fraction of sp³-hybridized carbons (Fsp3) is 0.364. The maximum atomic E-state index is 13.2. The lowest BCUT2D eigenvalue weighted by molar-refractivity contribution is -0.137. The van der Waals surface area contributed by atoms with Crippen molar-refractivity contribution in [3.05, 3.63) is 64.7 Å². The van der Waals surface area contributed by atoms with Crippen LogP contribution in [-0.2, 0) is 11.0 Å². The van der Waals surface area contributed by atoms with Gasteiger partial charge in [0, 0.05) is 23.7 Å². The molecule has 0 saturated carbocycles. The van der Waals surface area contributed by atoms with Gasteiger partial charge in [0.2, 0.25) is 0 Å². The Hall–Kier alpha value is -2.54. The van der Waals surface area contributed by atoms with Crippen LogP contribution in [0.1, 0.15) is 43.4 Å². The molecule has 0 aliphatic carbocycles. The number of Topliss-reactive ketones (excluding diaryl/α,β-unsaturated/α-hetero) is 1. The third-order valence-corrected chi connectivity index (χ3v) is 5.31. The van der Waals surface area contributed by atoms with Crippen LogP contribution in [0.3, 0.4) is 0 Å². The van der Waals surface area contributed by atoms with E-state index < -0.39 is 23.8 Å². The molecule has 8 heteroatoms. The van der Waals surface area contributed by atoms with E-state index in [1.54, 1.807) is 30.3 Å². The van der Waals surface area contributed by atoms with E-state index >= 15 is 0 Å². The number of carbonyl (C=O) groups excluding carboxylic acids is 2. The number of hydrogen-bond acceptors (Lipinski definition) is 2. The van der Waals surface area contributed by atoms with Crippen molar-refractivity contribution in [2.75, 3.05) is 18.0 Å². The zero-order chi connectivity index (χ0) is 21.9. The first-order chi connectivity index (χ1) is 14.2. The number of halogens is 4. The van der Waals surface area contributed by atoms with Crippen LogP contribution in [0.4, 0.5) is 23.7 Å². The maximum Gasteiger partial charge on any atom is 0.416 e. The molecule has 1 aliphatic heterocycles. The van der Waals surface area contributed by atoms with Gasteiger partial charge in [-0.3, -0.25) is 9.69 Å². The van der Waals surface area contributed by atoms with E-state index in [1.165, 1.54) is 15.9 Å². The summed E-state index contributed by atoms with van der Waals surface area (Å²) in [5, 5.41) is 0.479. The minimum atomic E-state index is -4.49. The van der Waals surface area contributed by atoms with Gasteiger partial charge in [0.15, 0.2) is 5.78 Å². The quantitative estimate of drug-likeness (QED) is 0.524. The SMILES string of the molecule is CCCCC(=O)CN1C[C@H](c2cccc(C(F)(F)F)c2)N(c2ccc(Cl)cc2)C1=O. The Morgan fingerprint density at radius 1 is 1.17 bits per heavy atom. The summed E-state index contributed by atoms with van der Waals surface area (Å²) in [6.07, 6.45) is -2.52. The van der Waals surface area contributed by atoms with E-state index in [4.69, 9.17) is 11.6 Å². The second kappa shape index (κ2) is 9.08. The van der Waals surface area contributed by atoms with Crippen LogP contribution in [0.25, 0.3) is 0 Å². The fourth-order valence-electron chi connectivity index (χ4n) is 3.52. The van der Waals surface area contributed by atoms with Crippen molar-refractivity contribution in [3.8, 4) is 0 Å². The molecule has 1 saturated heterocycles. The minimum absolute atomic E-state index is 0.0572. The van der Waals surface area contributed by atoms with E-state index in [0.29, 0.717) is 22.7 Å². The summed E-state index contributed by atoms with van der Waals surface area (Å²) < 4.78 is 39.6. The van der Waals surface area contributed by atoms with Crippen molar-refractivity contribution < 1.29 is 22.8 Å². The molecule has 0 radical (unpaired) electrons. The zero-order valence-corrected chi connectivity index (χ0v) is 17.2. The van der Waals surface area contributed by atoms with Gasteiger partial charge in [-0.25, -0.2) is 4.79 Å². The summed E-state index contributed by atoms with van der Waals surface area (Å²) in [7, 11) is 0. The Bertz CT molecular complexity index is 915. The fourth-order valence-corrected chi connectivity index (χ4v) is 3.65. The molecule has 2 amide bonds. The third-order valence-electron chi connectivity index (χ3n) is 5.06. The highest BCUT2D eigenvalue weighted by atomic mass is 35.5. The van der Waals surface area contributed by atoms with E-state index in [-0.39, 0.29) is 18.9 Å². The molecule has 1 fully saturated rings. The molecule has 1 heterocycles. The highest BCUT2D eigenvalue weighted by Crippen LogP contribution is 2.37. The number of rotatable bonds is 7. The Kier molecular flexibility index (Phi) is 6.71. The lowest BCUT2D eigenvalue weighted by Crippen LogP contribution is -2.35. The third kappa shape index (κ3) is 4.95. The van der Waals surface area contributed by atoms with Crippen molar-refractivity contribution in [2.45, 2.75) is 38.4 Å². The molecular formula is C22H22ClF3N2O2. The molecule has 0 bridgehead atoms. The van der Waals surface area contributed by atoms with Crippen molar-refractivity contribution in [2.24, 2.45) is 0 Å². The molecule has 0 aromatic heterocycles. The van der Waals surface area contributed by atoms with Gasteiger partial charge in [-0.05, 0) is 48.4 Å². The first kappa shape index (κ1) is 22.2. The first-order valence-electron chi connectivity index (χ1n) is 9.73. The van der Waals surface area contributed by atoms with Crippen LogP contribution in [-0.4, -0.2) is 29.8 Å². The van der Waals surface area contributed by atoms with Gasteiger partial charge in [0.25, 0.3) is 0 Å². The van der Waals surface area contributed by atoms with Crippen LogP contribution in [0, 0.1) is 0 Å². The topological polar surface area (TPSA) is 40.6 Å². The molecule has 2 aromatic carbocycles. The van der Waals surface area contributed by atoms with Gasteiger partial charge in [0.1, 0.15) is 0 Å². The maximum absolute atomic E-state index is 13.2. The number of amides is 2. The molecule has 2 aromatic rings. The summed E-state index contributed by atoms with van der Waals surface area (Å²) >= 11 is 5.94. The average Bonchev–Trinajstić information content (AvgIpc) is 3.02. The Morgan fingerprint density at radius 2 is 1.87 bits per heavy atom. The Balaban J connectivity index is 1.95. The van der Waals surface area contributed by atoms with Crippen molar-refractivity contribution in [1.29, 1.82) is 0 Å². The van der Waals surface area contributed by atoms with Gasteiger partial charge >= 0.3 is 12.2 Å². The molecule has 0 unspecified atom stereocenters. The number of urea groups is 1. The van der Waals surface area contributed by atoms with Gasteiger partial charge in [-0.1, -0.05) is 37.1 Å². The average molecular weight is 439 g/mol. The van der Waals surface area contributed by atoms with Crippen molar-refractivity contribution >= 4 is 29.1 Å². The van der Waals surface area contributed by atoms with Gasteiger partial charge < -0.3 is 4.90 Å². The first-order valence-corrected chi connectivity index (χ1v) is 10.1.